The topological polar surface area (TPSA) is 41.0 Å². The molecule has 1 fully saturated rings. The second-order valence-corrected chi connectivity index (χ2v) is 6.56. The van der Waals surface area contributed by atoms with Crippen molar-refractivity contribution in [2.24, 2.45) is 5.92 Å². The highest BCUT2D eigenvalue weighted by molar-refractivity contribution is 5.50. The summed E-state index contributed by atoms with van der Waals surface area (Å²) in [6.45, 7) is 14.0. The highest BCUT2D eigenvalue weighted by atomic mass is 15.2. The van der Waals surface area contributed by atoms with Gasteiger partial charge in [0.1, 0.15) is 17.5 Å². The number of hydrogen-bond donors (Lipinski definition) is 1. The Kier molecular flexibility index (Phi) is 3.97. The zero-order valence-corrected chi connectivity index (χ0v) is 12.8. The van der Waals surface area contributed by atoms with E-state index in [0.29, 0.717) is 0 Å². The summed E-state index contributed by atoms with van der Waals surface area (Å²) < 4.78 is 0. The third-order valence-corrected chi connectivity index (χ3v) is 3.49. The van der Waals surface area contributed by atoms with E-state index in [1.165, 1.54) is 6.42 Å². The fourth-order valence-corrected chi connectivity index (χ4v) is 2.35. The number of nitrogens with one attached hydrogen (secondary N) is 1. The summed E-state index contributed by atoms with van der Waals surface area (Å²) >= 11 is 0. The third-order valence-electron chi connectivity index (χ3n) is 3.49. The van der Waals surface area contributed by atoms with Gasteiger partial charge in [-0.25, -0.2) is 9.97 Å². The fourth-order valence-electron chi connectivity index (χ4n) is 2.35. The predicted molar refractivity (Wildman–Crippen MR) is 80.9 cm³/mol. The minimum absolute atomic E-state index is 0.0223. The zero-order valence-electron chi connectivity index (χ0n) is 12.8. The molecule has 0 amide bonds. The molecule has 4 heteroatoms. The van der Waals surface area contributed by atoms with E-state index in [-0.39, 0.29) is 5.41 Å². The molecule has 0 saturated carbocycles. The zero-order chi connectivity index (χ0) is 14.0. The van der Waals surface area contributed by atoms with E-state index in [1.54, 1.807) is 0 Å². The van der Waals surface area contributed by atoms with Crippen molar-refractivity contribution in [1.29, 1.82) is 0 Å². The lowest BCUT2D eigenvalue weighted by molar-refractivity contribution is 0.545. The minimum Gasteiger partial charge on any atom is -0.370 e. The molecule has 0 radical (unpaired) electrons. The summed E-state index contributed by atoms with van der Waals surface area (Å²) in [5.74, 6) is 3.69. The van der Waals surface area contributed by atoms with Crippen LogP contribution in [0.15, 0.2) is 6.07 Å². The van der Waals surface area contributed by atoms with Crippen molar-refractivity contribution in [2.75, 3.05) is 29.9 Å². The molecule has 4 nitrogen and oxygen atoms in total. The lowest BCUT2D eigenvalue weighted by Crippen LogP contribution is -2.24. The molecule has 19 heavy (non-hydrogen) atoms. The summed E-state index contributed by atoms with van der Waals surface area (Å²) in [6, 6.07) is 2.08. The van der Waals surface area contributed by atoms with E-state index < -0.39 is 0 Å². The molecule has 0 spiro atoms. The van der Waals surface area contributed by atoms with Crippen molar-refractivity contribution in [3.8, 4) is 0 Å². The number of aromatic nitrogens is 2. The molecule has 2 rings (SSSR count). The molecule has 2 heterocycles. The van der Waals surface area contributed by atoms with Crippen molar-refractivity contribution in [3.05, 3.63) is 11.9 Å². The van der Waals surface area contributed by atoms with Gasteiger partial charge in [0.05, 0.1) is 0 Å². The van der Waals surface area contributed by atoms with Crippen LogP contribution >= 0.6 is 0 Å². The molecule has 0 bridgehead atoms. The van der Waals surface area contributed by atoms with E-state index in [9.17, 15) is 0 Å². The first-order valence-corrected chi connectivity index (χ1v) is 7.28. The van der Waals surface area contributed by atoms with Crippen LogP contribution in [0.25, 0.3) is 0 Å². The number of rotatable bonds is 3. The van der Waals surface area contributed by atoms with Gasteiger partial charge in [-0.05, 0) is 19.3 Å². The Morgan fingerprint density at radius 3 is 2.63 bits per heavy atom. The van der Waals surface area contributed by atoms with Crippen LogP contribution in [0.4, 0.5) is 11.6 Å². The van der Waals surface area contributed by atoms with Crippen LogP contribution in [0.5, 0.6) is 0 Å². The van der Waals surface area contributed by atoms with Gasteiger partial charge in [-0.3, -0.25) is 0 Å². The molecule has 0 aromatic carbocycles. The van der Waals surface area contributed by atoms with Crippen molar-refractivity contribution in [3.63, 3.8) is 0 Å². The van der Waals surface area contributed by atoms with Crippen LogP contribution in [0.2, 0.25) is 0 Å². The fraction of sp³-hybridized carbons (Fsp3) is 0.733. The molecule has 1 aromatic rings. The lowest BCUT2D eigenvalue weighted by atomic mass is 9.96. The SMILES string of the molecule is CCNc1cc(N2CCC(C)C2)nc(C(C)(C)C)n1. The summed E-state index contributed by atoms with van der Waals surface area (Å²) in [4.78, 5) is 11.8. The molecular weight excluding hydrogens is 236 g/mol. The number of nitrogens with zero attached hydrogens (tertiary/aromatic N) is 3. The molecule has 1 aliphatic heterocycles. The Morgan fingerprint density at radius 1 is 1.37 bits per heavy atom. The van der Waals surface area contributed by atoms with E-state index in [4.69, 9.17) is 4.98 Å². The molecule has 1 aromatic heterocycles. The lowest BCUT2D eigenvalue weighted by Gasteiger charge is -2.23. The van der Waals surface area contributed by atoms with Gasteiger partial charge >= 0.3 is 0 Å². The summed E-state index contributed by atoms with van der Waals surface area (Å²) in [5.41, 5.74) is -0.0223. The summed E-state index contributed by atoms with van der Waals surface area (Å²) in [6.07, 6.45) is 1.26. The highest BCUT2D eigenvalue weighted by Gasteiger charge is 2.24. The molecule has 1 atom stereocenters. The molecular formula is C15H26N4. The van der Waals surface area contributed by atoms with Gasteiger partial charge in [0.2, 0.25) is 0 Å². The summed E-state index contributed by atoms with van der Waals surface area (Å²) in [5, 5.41) is 3.32. The number of anilines is 2. The van der Waals surface area contributed by atoms with Crippen LogP contribution in [0.3, 0.4) is 0 Å². The van der Waals surface area contributed by atoms with Crippen molar-refractivity contribution >= 4 is 11.6 Å². The van der Waals surface area contributed by atoms with Crippen LogP contribution < -0.4 is 10.2 Å². The standard InChI is InChI=1S/C15H26N4/c1-6-16-12-9-13(19-8-7-11(2)10-19)18-14(17-12)15(3,4)5/h9,11H,6-8,10H2,1-5H3,(H,16,17,18). The van der Waals surface area contributed by atoms with E-state index in [0.717, 1.165) is 43.0 Å². The number of hydrogen-bond acceptors (Lipinski definition) is 4. The Labute approximate surface area is 116 Å². The first-order valence-electron chi connectivity index (χ1n) is 7.28. The predicted octanol–water partition coefficient (Wildman–Crippen LogP) is 3.05. The molecule has 106 valence electrons. The van der Waals surface area contributed by atoms with Gasteiger partial charge < -0.3 is 10.2 Å². The monoisotopic (exact) mass is 262 g/mol. The largest absolute Gasteiger partial charge is 0.370 e. The van der Waals surface area contributed by atoms with Gasteiger partial charge in [0.15, 0.2) is 0 Å². The van der Waals surface area contributed by atoms with Gasteiger partial charge in [-0.2, -0.15) is 0 Å². The normalized spacial score (nSPS) is 19.8. The molecule has 0 aliphatic carbocycles. The van der Waals surface area contributed by atoms with Gasteiger partial charge in [-0.1, -0.05) is 27.7 Å². The first-order chi connectivity index (χ1) is 8.90. The van der Waals surface area contributed by atoms with Crippen molar-refractivity contribution in [1.82, 2.24) is 9.97 Å². The van der Waals surface area contributed by atoms with E-state index in [2.05, 4.69) is 55.9 Å². The maximum Gasteiger partial charge on any atom is 0.138 e. The van der Waals surface area contributed by atoms with Crippen LogP contribution in [-0.4, -0.2) is 29.6 Å². The van der Waals surface area contributed by atoms with Gasteiger partial charge in [-0.15, -0.1) is 0 Å². The van der Waals surface area contributed by atoms with E-state index in [1.807, 2.05) is 0 Å². The summed E-state index contributed by atoms with van der Waals surface area (Å²) in [7, 11) is 0. The average Bonchev–Trinajstić information content (AvgIpc) is 2.75. The highest BCUT2D eigenvalue weighted by Crippen LogP contribution is 2.27. The molecule has 1 N–H and O–H groups in total. The van der Waals surface area contributed by atoms with Gasteiger partial charge in [0.25, 0.3) is 0 Å². The smallest absolute Gasteiger partial charge is 0.138 e. The third kappa shape index (κ3) is 3.37. The Bertz CT molecular complexity index is 436. The Hall–Kier alpha value is -1.32. The Balaban J connectivity index is 2.34. The minimum atomic E-state index is -0.0223. The maximum atomic E-state index is 4.78. The molecule has 1 aliphatic rings. The van der Waals surface area contributed by atoms with Crippen LogP contribution in [0, 0.1) is 5.92 Å². The Morgan fingerprint density at radius 2 is 2.11 bits per heavy atom. The first kappa shape index (κ1) is 14.1. The van der Waals surface area contributed by atoms with Gasteiger partial charge in [0, 0.05) is 31.1 Å². The second kappa shape index (κ2) is 5.35. The van der Waals surface area contributed by atoms with E-state index >= 15 is 0 Å². The van der Waals surface area contributed by atoms with Crippen molar-refractivity contribution < 1.29 is 0 Å². The maximum absolute atomic E-state index is 4.78. The van der Waals surface area contributed by atoms with Crippen molar-refractivity contribution in [2.45, 2.75) is 46.5 Å². The second-order valence-electron chi connectivity index (χ2n) is 6.56. The molecule has 1 unspecified atom stereocenters. The van der Waals surface area contributed by atoms with Crippen LogP contribution in [-0.2, 0) is 5.41 Å². The molecule has 1 saturated heterocycles. The quantitative estimate of drug-likeness (QED) is 0.909. The average molecular weight is 262 g/mol. The van der Waals surface area contributed by atoms with Crippen LogP contribution in [0.1, 0.15) is 46.9 Å².